The number of nitrogens with zero attached hydrogens (tertiary/aromatic N) is 4. The highest BCUT2D eigenvalue weighted by molar-refractivity contribution is 5.70. The summed E-state index contributed by atoms with van der Waals surface area (Å²) in [5.74, 6) is 2.30. The van der Waals surface area contributed by atoms with Gasteiger partial charge in [0.1, 0.15) is 5.82 Å². The van der Waals surface area contributed by atoms with Crippen LogP contribution in [0.3, 0.4) is 0 Å². The van der Waals surface area contributed by atoms with E-state index in [2.05, 4.69) is 20.7 Å². The van der Waals surface area contributed by atoms with Gasteiger partial charge in [0.15, 0.2) is 11.5 Å². The molecule has 1 aromatic carbocycles. The van der Waals surface area contributed by atoms with Crippen LogP contribution < -0.4 is 9.47 Å². The first kappa shape index (κ1) is 16.1. The van der Waals surface area contributed by atoms with Gasteiger partial charge in [-0.3, -0.25) is 4.68 Å². The van der Waals surface area contributed by atoms with Gasteiger partial charge in [-0.2, -0.15) is 5.10 Å². The summed E-state index contributed by atoms with van der Waals surface area (Å²) in [6.07, 6.45) is 8.62. The summed E-state index contributed by atoms with van der Waals surface area (Å²) in [5, 5.41) is 4.21. The Bertz CT molecular complexity index is 835. The van der Waals surface area contributed by atoms with E-state index in [-0.39, 0.29) is 0 Å². The Morgan fingerprint density at radius 2 is 2.00 bits per heavy atom. The van der Waals surface area contributed by atoms with Crippen molar-refractivity contribution < 1.29 is 9.47 Å². The first-order valence-corrected chi connectivity index (χ1v) is 7.84. The second-order valence-electron chi connectivity index (χ2n) is 5.76. The van der Waals surface area contributed by atoms with E-state index in [9.17, 15) is 0 Å². The largest absolute Gasteiger partial charge is 0.493 e. The van der Waals surface area contributed by atoms with Crippen molar-refractivity contribution in [1.82, 2.24) is 19.3 Å². The van der Waals surface area contributed by atoms with Crippen molar-refractivity contribution in [2.45, 2.75) is 19.9 Å². The van der Waals surface area contributed by atoms with Crippen LogP contribution >= 0.6 is 0 Å². The number of hydrogen-bond donors (Lipinski definition) is 0. The first-order chi connectivity index (χ1) is 11.6. The average molecular weight is 326 g/mol. The summed E-state index contributed by atoms with van der Waals surface area (Å²) >= 11 is 0. The maximum Gasteiger partial charge on any atom is 0.171 e. The van der Waals surface area contributed by atoms with Crippen molar-refractivity contribution >= 4 is 0 Å². The van der Waals surface area contributed by atoms with E-state index in [1.807, 2.05) is 49.5 Å². The molecule has 6 nitrogen and oxygen atoms in total. The van der Waals surface area contributed by atoms with Crippen molar-refractivity contribution in [2.75, 3.05) is 14.2 Å². The number of aryl methyl sites for hydroxylation is 4. The van der Waals surface area contributed by atoms with Gasteiger partial charge in [-0.1, -0.05) is 0 Å². The molecule has 3 aromatic rings. The second-order valence-corrected chi connectivity index (χ2v) is 5.76. The molecule has 0 spiro atoms. The quantitative estimate of drug-likeness (QED) is 0.699. The molecule has 0 aliphatic rings. The smallest absolute Gasteiger partial charge is 0.171 e. The molecule has 6 heteroatoms. The minimum Gasteiger partial charge on any atom is -0.493 e. The Morgan fingerprint density at radius 3 is 2.67 bits per heavy atom. The number of methoxy groups -OCH3 is 2. The van der Waals surface area contributed by atoms with Crippen LogP contribution in [0.15, 0.2) is 36.9 Å². The maximum absolute atomic E-state index is 5.58. The first-order valence-electron chi connectivity index (χ1n) is 7.84. The number of rotatable bonds is 6. The van der Waals surface area contributed by atoms with Crippen molar-refractivity contribution in [3.8, 4) is 22.9 Å². The SMILES string of the molecule is COc1cc(C)cc(-c2nccn2CCc2cnn(C)c2)c1OC. The maximum atomic E-state index is 5.58. The van der Waals surface area contributed by atoms with Crippen molar-refractivity contribution in [3.63, 3.8) is 0 Å². The highest BCUT2D eigenvalue weighted by Crippen LogP contribution is 2.38. The lowest BCUT2D eigenvalue weighted by molar-refractivity contribution is 0.355. The van der Waals surface area contributed by atoms with Gasteiger partial charge in [-0.05, 0) is 36.6 Å². The van der Waals surface area contributed by atoms with Crippen LogP contribution in [0.5, 0.6) is 11.5 Å². The van der Waals surface area contributed by atoms with E-state index < -0.39 is 0 Å². The molecule has 2 aromatic heterocycles. The van der Waals surface area contributed by atoms with Gasteiger partial charge < -0.3 is 14.0 Å². The molecular formula is C18H22N4O2. The van der Waals surface area contributed by atoms with E-state index >= 15 is 0 Å². The molecule has 0 fully saturated rings. The molecule has 0 aliphatic heterocycles. The Kier molecular flexibility index (Phi) is 4.55. The fourth-order valence-corrected chi connectivity index (χ4v) is 2.85. The van der Waals surface area contributed by atoms with E-state index in [1.165, 1.54) is 5.56 Å². The summed E-state index contributed by atoms with van der Waals surface area (Å²) in [4.78, 5) is 4.54. The molecule has 0 atom stereocenters. The predicted octanol–water partition coefficient (Wildman–Crippen LogP) is 2.85. The van der Waals surface area contributed by atoms with E-state index in [0.29, 0.717) is 11.5 Å². The fourth-order valence-electron chi connectivity index (χ4n) is 2.85. The Labute approximate surface area is 141 Å². The topological polar surface area (TPSA) is 54.1 Å². The zero-order valence-corrected chi connectivity index (χ0v) is 14.5. The zero-order chi connectivity index (χ0) is 17.1. The van der Waals surface area contributed by atoms with Gasteiger partial charge in [0.25, 0.3) is 0 Å². The van der Waals surface area contributed by atoms with E-state index in [0.717, 1.165) is 29.9 Å². The van der Waals surface area contributed by atoms with Gasteiger partial charge in [0.2, 0.25) is 0 Å². The van der Waals surface area contributed by atoms with Crippen LogP contribution in [-0.4, -0.2) is 33.6 Å². The molecule has 3 rings (SSSR count). The minimum absolute atomic E-state index is 0.705. The molecule has 0 saturated carbocycles. The number of aromatic nitrogens is 4. The van der Waals surface area contributed by atoms with Gasteiger partial charge in [0.05, 0.1) is 26.0 Å². The average Bonchev–Trinajstić information content (AvgIpc) is 3.20. The highest BCUT2D eigenvalue weighted by Gasteiger charge is 2.17. The lowest BCUT2D eigenvalue weighted by Crippen LogP contribution is -2.04. The molecule has 0 unspecified atom stereocenters. The highest BCUT2D eigenvalue weighted by atomic mass is 16.5. The molecule has 24 heavy (non-hydrogen) atoms. The van der Waals surface area contributed by atoms with Gasteiger partial charge >= 0.3 is 0 Å². The van der Waals surface area contributed by atoms with Gasteiger partial charge in [-0.25, -0.2) is 4.98 Å². The molecule has 0 N–H and O–H groups in total. The van der Waals surface area contributed by atoms with Crippen molar-refractivity contribution in [1.29, 1.82) is 0 Å². The standard InChI is InChI=1S/C18H22N4O2/c1-13-9-15(17(24-4)16(10-13)23-3)18-19-6-8-22(18)7-5-14-11-20-21(2)12-14/h6,8-12H,5,7H2,1-4H3. The van der Waals surface area contributed by atoms with E-state index in [1.54, 1.807) is 14.2 Å². The number of benzene rings is 1. The summed E-state index contributed by atoms with van der Waals surface area (Å²) in [5.41, 5.74) is 3.24. The van der Waals surface area contributed by atoms with Crippen LogP contribution in [0.25, 0.3) is 11.4 Å². The molecule has 0 bridgehead atoms. The second kappa shape index (κ2) is 6.78. The molecule has 0 aliphatic carbocycles. The van der Waals surface area contributed by atoms with Crippen molar-refractivity contribution in [3.05, 3.63) is 48.0 Å². The third kappa shape index (κ3) is 3.13. The zero-order valence-electron chi connectivity index (χ0n) is 14.5. The van der Waals surface area contributed by atoms with Crippen LogP contribution in [-0.2, 0) is 20.0 Å². The number of ether oxygens (including phenoxy) is 2. The Hall–Kier alpha value is -2.76. The van der Waals surface area contributed by atoms with Crippen molar-refractivity contribution in [2.24, 2.45) is 7.05 Å². The predicted molar refractivity (Wildman–Crippen MR) is 92.4 cm³/mol. The summed E-state index contributed by atoms with van der Waals surface area (Å²) < 4.78 is 15.0. The fraction of sp³-hybridized carbons (Fsp3) is 0.333. The lowest BCUT2D eigenvalue weighted by atomic mass is 10.1. The summed E-state index contributed by atoms with van der Waals surface area (Å²) in [6, 6.07) is 4.04. The van der Waals surface area contributed by atoms with Crippen LogP contribution in [0.2, 0.25) is 0 Å². The van der Waals surface area contributed by atoms with E-state index in [4.69, 9.17) is 9.47 Å². The third-order valence-corrected chi connectivity index (χ3v) is 3.98. The van der Waals surface area contributed by atoms with Gasteiger partial charge in [-0.15, -0.1) is 0 Å². The molecular weight excluding hydrogens is 304 g/mol. The number of imidazole rings is 1. The Balaban J connectivity index is 1.93. The number of hydrogen-bond acceptors (Lipinski definition) is 4. The summed E-state index contributed by atoms with van der Waals surface area (Å²) in [7, 11) is 5.23. The van der Waals surface area contributed by atoms with Crippen LogP contribution in [0.4, 0.5) is 0 Å². The normalized spacial score (nSPS) is 10.8. The Morgan fingerprint density at radius 1 is 1.17 bits per heavy atom. The van der Waals surface area contributed by atoms with Crippen LogP contribution in [0, 0.1) is 6.92 Å². The lowest BCUT2D eigenvalue weighted by Gasteiger charge is -2.15. The third-order valence-electron chi connectivity index (χ3n) is 3.98. The summed E-state index contributed by atoms with van der Waals surface area (Å²) in [6.45, 7) is 2.86. The van der Waals surface area contributed by atoms with Gasteiger partial charge in [0, 0.05) is 32.2 Å². The molecule has 126 valence electrons. The molecule has 0 radical (unpaired) electrons. The monoisotopic (exact) mass is 326 g/mol. The molecule has 2 heterocycles. The van der Waals surface area contributed by atoms with Crippen LogP contribution in [0.1, 0.15) is 11.1 Å². The molecule has 0 saturated heterocycles. The minimum atomic E-state index is 0.705. The molecule has 0 amide bonds.